The topological polar surface area (TPSA) is 39.7 Å². The lowest BCUT2D eigenvalue weighted by Gasteiger charge is -2.15. The van der Waals surface area contributed by atoms with Gasteiger partial charge in [-0.2, -0.15) is 0 Å². The fourth-order valence-electron chi connectivity index (χ4n) is 2.53. The van der Waals surface area contributed by atoms with Crippen LogP contribution in [0.15, 0.2) is 40.9 Å². The normalized spacial score (nSPS) is 10.8. The van der Waals surface area contributed by atoms with E-state index in [1.54, 1.807) is 7.11 Å². The number of hydrogen-bond acceptors (Lipinski definition) is 4. The molecule has 2 aromatic rings. The lowest BCUT2D eigenvalue weighted by molar-refractivity contribution is 0.144. The highest BCUT2D eigenvalue weighted by Gasteiger charge is 2.12. The van der Waals surface area contributed by atoms with Crippen LogP contribution in [0.3, 0.4) is 0 Å². The minimum absolute atomic E-state index is 0.504. The van der Waals surface area contributed by atoms with Crippen LogP contribution in [0.2, 0.25) is 0 Å². The Kier molecular flexibility index (Phi) is 8.95. The van der Waals surface area contributed by atoms with Crippen molar-refractivity contribution in [2.45, 2.75) is 33.4 Å². The number of methoxy groups -OCH3 is 1. The zero-order valence-corrected chi connectivity index (χ0v) is 17.4. The summed E-state index contributed by atoms with van der Waals surface area (Å²) in [4.78, 5) is 0. The predicted octanol–water partition coefficient (Wildman–Crippen LogP) is 4.86. The number of nitrogens with one attached hydrogen (secondary N) is 1. The molecule has 0 aliphatic heterocycles. The third-order valence-corrected chi connectivity index (χ3v) is 4.56. The second kappa shape index (κ2) is 11.2. The molecule has 26 heavy (non-hydrogen) atoms. The summed E-state index contributed by atoms with van der Waals surface area (Å²) in [6.07, 6.45) is 1.00. The smallest absolute Gasteiger partial charge is 0.175 e. The van der Waals surface area contributed by atoms with Crippen LogP contribution in [0.25, 0.3) is 0 Å². The number of ether oxygens (including phenoxy) is 3. The SMILES string of the molecule is CCOCCCNCc1cc(Br)c(OCc2ccc(C)cc2)c(OC)c1. The summed E-state index contributed by atoms with van der Waals surface area (Å²) in [5, 5.41) is 3.42. The zero-order chi connectivity index (χ0) is 18.8. The molecule has 0 radical (unpaired) electrons. The van der Waals surface area contributed by atoms with Gasteiger partial charge in [0, 0.05) is 19.8 Å². The van der Waals surface area contributed by atoms with E-state index in [0.29, 0.717) is 6.61 Å². The fourth-order valence-corrected chi connectivity index (χ4v) is 3.14. The maximum Gasteiger partial charge on any atom is 0.175 e. The van der Waals surface area contributed by atoms with E-state index in [1.165, 1.54) is 5.56 Å². The van der Waals surface area contributed by atoms with E-state index in [4.69, 9.17) is 14.2 Å². The average molecular weight is 422 g/mol. The first-order chi connectivity index (χ1) is 12.6. The Morgan fingerprint density at radius 2 is 1.85 bits per heavy atom. The molecular weight excluding hydrogens is 394 g/mol. The minimum atomic E-state index is 0.504. The van der Waals surface area contributed by atoms with Crippen LogP contribution in [0.5, 0.6) is 11.5 Å². The highest BCUT2D eigenvalue weighted by Crippen LogP contribution is 2.37. The van der Waals surface area contributed by atoms with Crippen molar-refractivity contribution in [3.63, 3.8) is 0 Å². The van der Waals surface area contributed by atoms with Gasteiger partial charge in [0.15, 0.2) is 11.5 Å². The Bertz CT molecular complexity index is 674. The van der Waals surface area contributed by atoms with Gasteiger partial charge in [-0.15, -0.1) is 0 Å². The van der Waals surface area contributed by atoms with Crippen LogP contribution in [-0.2, 0) is 17.9 Å². The first-order valence-electron chi connectivity index (χ1n) is 8.97. The molecule has 2 aromatic carbocycles. The molecule has 2 rings (SSSR count). The van der Waals surface area contributed by atoms with Crippen LogP contribution >= 0.6 is 15.9 Å². The number of halogens is 1. The van der Waals surface area contributed by atoms with E-state index in [1.807, 2.05) is 13.0 Å². The monoisotopic (exact) mass is 421 g/mol. The van der Waals surface area contributed by atoms with Crippen LogP contribution in [0, 0.1) is 6.92 Å². The molecule has 0 saturated heterocycles. The Balaban J connectivity index is 1.94. The summed E-state index contributed by atoms with van der Waals surface area (Å²) in [5.74, 6) is 1.46. The summed E-state index contributed by atoms with van der Waals surface area (Å²) in [5.41, 5.74) is 3.52. The Labute approximate surface area is 165 Å². The second-order valence-corrected chi connectivity index (χ2v) is 6.96. The van der Waals surface area contributed by atoms with E-state index in [9.17, 15) is 0 Å². The minimum Gasteiger partial charge on any atom is -0.493 e. The van der Waals surface area contributed by atoms with Gasteiger partial charge in [0.05, 0.1) is 11.6 Å². The maximum atomic E-state index is 6.00. The lowest BCUT2D eigenvalue weighted by Crippen LogP contribution is -2.16. The quantitative estimate of drug-likeness (QED) is 0.525. The third-order valence-electron chi connectivity index (χ3n) is 3.97. The molecule has 0 unspecified atom stereocenters. The first-order valence-corrected chi connectivity index (χ1v) is 9.76. The van der Waals surface area contributed by atoms with Crippen molar-refractivity contribution in [2.24, 2.45) is 0 Å². The van der Waals surface area contributed by atoms with Crippen LogP contribution < -0.4 is 14.8 Å². The summed E-state index contributed by atoms with van der Waals surface area (Å²) < 4.78 is 17.8. The third kappa shape index (κ3) is 6.63. The number of benzene rings is 2. The van der Waals surface area contributed by atoms with Crippen molar-refractivity contribution in [3.8, 4) is 11.5 Å². The van der Waals surface area contributed by atoms with Crippen molar-refractivity contribution in [3.05, 3.63) is 57.6 Å². The number of hydrogen-bond donors (Lipinski definition) is 1. The van der Waals surface area contributed by atoms with Gasteiger partial charge >= 0.3 is 0 Å². The number of aryl methyl sites for hydroxylation is 1. The Hall–Kier alpha value is -1.56. The van der Waals surface area contributed by atoms with Gasteiger partial charge in [-0.05, 0) is 66.0 Å². The van der Waals surface area contributed by atoms with Gasteiger partial charge < -0.3 is 19.5 Å². The highest BCUT2D eigenvalue weighted by molar-refractivity contribution is 9.10. The van der Waals surface area contributed by atoms with Crippen molar-refractivity contribution in [1.29, 1.82) is 0 Å². The van der Waals surface area contributed by atoms with Crippen molar-refractivity contribution in [1.82, 2.24) is 5.32 Å². The summed E-state index contributed by atoms with van der Waals surface area (Å²) in [7, 11) is 1.67. The standard InChI is InChI=1S/C21H28BrNO3/c1-4-25-11-5-10-23-14-18-12-19(22)21(20(13-18)24-3)26-15-17-8-6-16(2)7-9-17/h6-9,12-13,23H,4-5,10-11,14-15H2,1-3H3. The fraction of sp³-hybridized carbons (Fsp3) is 0.429. The van der Waals surface area contributed by atoms with E-state index in [2.05, 4.69) is 58.5 Å². The zero-order valence-electron chi connectivity index (χ0n) is 15.8. The Morgan fingerprint density at radius 1 is 1.08 bits per heavy atom. The molecule has 4 nitrogen and oxygen atoms in total. The molecule has 0 aliphatic carbocycles. The molecule has 1 N–H and O–H groups in total. The molecule has 0 fully saturated rings. The molecule has 0 spiro atoms. The first kappa shape index (κ1) is 20.7. The summed E-state index contributed by atoms with van der Waals surface area (Å²) >= 11 is 3.61. The predicted molar refractivity (Wildman–Crippen MR) is 109 cm³/mol. The summed E-state index contributed by atoms with van der Waals surface area (Å²) in [6, 6.07) is 12.4. The van der Waals surface area contributed by atoms with Gasteiger partial charge in [0.2, 0.25) is 0 Å². The Morgan fingerprint density at radius 3 is 2.54 bits per heavy atom. The molecule has 0 heterocycles. The van der Waals surface area contributed by atoms with Gasteiger partial charge in [-0.1, -0.05) is 29.8 Å². The van der Waals surface area contributed by atoms with E-state index in [0.717, 1.165) is 59.8 Å². The molecule has 0 aliphatic rings. The second-order valence-electron chi connectivity index (χ2n) is 6.11. The molecule has 0 aromatic heterocycles. The van der Waals surface area contributed by atoms with Gasteiger partial charge in [-0.3, -0.25) is 0 Å². The van der Waals surface area contributed by atoms with E-state index < -0.39 is 0 Å². The maximum absolute atomic E-state index is 6.00. The van der Waals surface area contributed by atoms with Crippen LogP contribution in [-0.4, -0.2) is 26.9 Å². The molecule has 142 valence electrons. The molecule has 0 saturated carbocycles. The lowest BCUT2D eigenvalue weighted by atomic mass is 10.1. The average Bonchev–Trinajstić information content (AvgIpc) is 2.64. The summed E-state index contributed by atoms with van der Waals surface area (Å²) in [6.45, 7) is 7.86. The van der Waals surface area contributed by atoms with Crippen molar-refractivity contribution < 1.29 is 14.2 Å². The van der Waals surface area contributed by atoms with Crippen LogP contribution in [0.4, 0.5) is 0 Å². The molecular formula is C21H28BrNO3. The molecule has 0 amide bonds. The van der Waals surface area contributed by atoms with Gasteiger partial charge in [0.1, 0.15) is 6.61 Å². The number of rotatable bonds is 11. The van der Waals surface area contributed by atoms with Crippen molar-refractivity contribution in [2.75, 3.05) is 26.9 Å². The largest absolute Gasteiger partial charge is 0.493 e. The van der Waals surface area contributed by atoms with Gasteiger partial charge in [0.25, 0.3) is 0 Å². The molecule has 0 bridgehead atoms. The van der Waals surface area contributed by atoms with Gasteiger partial charge in [-0.25, -0.2) is 0 Å². The van der Waals surface area contributed by atoms with E-state index in [-0.39, 0.29) is 0 Å². The van der Waals surface area contributed by atoms with Crippen LogP contribution in [0.1, 0.15) is 30.0 Å². The molecule has 5 heteroatoms. The van der Waals surface area contributed by atoms with E-state index >= 15 is 0 Å². The molecule has 0 atom stereocenters. The highest BCUT2D eigenvalue weighted by atomic mass is 79.9. The van der Waals surface area contributed by atoms with Crippen molar-refractivity contribution >= 4 is 15.9 Å².